The molecule has 0 spiro atoms. The minimum Gasteiger partial charge on any atom is -0.365 e. The number of imidazole rings is 1. The Kier molecular flexibility index (Phi) is 6.92. The number of hydrogen-bond donors (Lipinski definition) is 0. The van der Waals surface area contributed by atoms with Crippen LogP contribution in [-0.4, -0.2) is 58.9 Å². The van der Waals surface area contributed by atoms with Crippen LogP contribution in [-0.2, 0) is 11.5 Å². The van der Waals surface area contributed by atoms with Crippen LogP contribution in [0.4, 0.5) is 24.5 Å². The number of alkyl halides is 2. The van der Waals surface area contributed by atoms with Gasteiger partial charge in [-0.25, -0.2) is 18.2 Å². The van der Waals surface area contributed by atoms with E-state index in [1.165, 1.54) is 11.0 Å². The van der Waals surface area contributed by atoms with Gasteiger partial charge in [-0.15, -0.1) is 0 Å². The Morgan fingerprint density at radius 1 is 1.09 bits per heavy atom. The number of carbonyl (C=O) groups excluding carboxylic acids is 1. The predicted molar refractivity (Wildman–Crippen MR) is 166 cm³/mol. The molecule has 1 amide bonds. The van der Waals surface area contributed by atoms with Gasteiger partial charge in [0.25, 0.3) is 11.8 Å². The summed E-state index contributed by atoms with van der Waals surface area (Å²) in [6.07, 6.45) is 3.46. The van der Waals surface area contributed by atoms with E-state index < -0.39 is 32.4 Å². The third-order valence-corrected chi connectivity index (χ3v) is 10.7. The maximum absolute atomic E-state index is 16.0. The molecule has 12 heteroatoms. The average molecular weight is 623 g/mol. The van der Waals surface area contributed by atoms with Gasteiger partial charge in [0, 0.05) is 55.8 Å². The molecule has 0 bridgehead atoms. The zero-order chi connectivity index (χ0) is 31.0. The van der Waals surface area contributed by atoms with Gasteiger partial charge in [-0.2, -0.15) is 5.10 Å². The maximum Gasteiger partial charge on any atom is 0.280 e. The summed E-state index contributed by atoms with van der Waals surface area (Å²) in [7, 11) is -1.20. The van der Waals surface area contributed by atoms with Crippen molar-refractivity contribution in [2.45, 2.75) is 76.6 Å². The van der Waals surface area contributed by atoms with Crippen molar-refractivity contribution in [2.24, 2.45) is 0 Å². The highest BCUT2D eigenvalue weighted by Crippen LogP contribution is 2.47. The van der Waals surface area contributed by atoms with E-state index in [0.29, 0.717) is 47.1 Å². The van der Waals surface area contributed by atoms with Gasteiger partial charge in [-0.3, -0.25) is 14.4 Å². The Balaban J connectivity index is 1.23. The van der Waals surface area contributed by atoms with Crippen LogP contribution in [0.15, 0.2) is 42.7 Å². The number of nitrogens with zero attached hydrogens (tertiary/aromatic N) is 6. The van der Waals surface area contributed by atoms with Gasteiger partial charge in [0.15, 0.2) is 5.69 Å². The molecule has 0 N–H and O–H groups in total. The molecule has 2 aromatic heterocycles. The number of benzene rings is 2. The minimum absolute atomic E-state index is 0.160. The van der Waals surface area contributed by atoms with Crippen molar-refractivity contribution in [3.63, 3.8) is 0 Å². The molecule has 0 radical (unpaired) electrons. The summed E-state index contributed by atoms with van der Waals surface area (Å²) in [5.41, 5.74) is 4.69. The van der Waals surface area contributed by atoms with Crippen LogP contribution in [0.1, 0.15) is 58.7 Å². The summed E-state index contributed by atoms with van der Waals surface area (Å²) in [5, 5.41) is 4.71. The molecule has 1 saturated carbocycles. The zero-order valence-electron chi connectivity index (χ0n) is 25.5. The number of halogens is 3. The number of anilines is 2. The SMILES string of the molecule is Cc1c2c(nn1C1CC1)C(=O)N(c1ccc3c(c1)ncn3COCC[Si](C)(C)C)C2c1ccc(N2CCC(F)(F)C2)cc1F. The summed E-state index contributed by atoms with van der Waals surface area (Å²) < 4.78 is 53.6. The summed E-state index contributed by atoms with van der Waals surface area (Å²) >= 11 is 0. The van der Waals surface area contributed by atoms with E-state index in [-0.39, 0.29) is 24.9 Å². The Morgan fingerprint density at radius 2 is 1.86 bits per heavy atom. The second-order valence-electron chi connectivity index (χ2n) is 13.6. The van der Waals surface area contributed by atoms with Crippen molar-refractivity contribution in [1.29, 1.82) is 0 Å². The van der Waals surface area contributed by atoms with Gasteiger partial charge in [-0.1, -0.05) is 25.7 Å². The van der Waals surface area contributed by atoms with Crippen LogP contribution in [0.5, 0.6) is 0 Å². The first-order chi connectivity index (χ1) is 20.9. The number of carbonyl (C=O) groups is 1. The molecular weight excluding hydrogens is 585 g/mol. The van der Waals surface area contributed by atoms with Crippen molar-refractivity contribution in [2.75, 3.05) is 29.5 Å². The van der Waals surface area contributed by atoms with Crippen LogP contribution < -0.4 is 9.80 Å². The lowest BCUT2D eigenvalue weighted by Crippen LogP contribution is -2.30. The quantitative estimate of drug-likeness (QED) is 0.150. The standard InChI is InChI=1S/C32H37F3N6O2Si/c1-20-28-29(37-41(20)21-5-6-21)31(42)40(30(28)24-9-7-22(15-25(24)33)38-12-11-32(34,35)17-38)23-8-10-27-26(16-23)36-18-39(27)19-43-13-14-44(2,3)4/h7-10,15-16,18,21,30H,5-6,11-14,17,19H2,1-4H3. The largest absolute Gasteiger partial charge is 0.365 e. The second kappa shape index (κ2) is 10.5. The van der Waals surface area contributed by atoms with Crippen LogP contribution in [0, 0.1) is 12.7 Å². The normalized spacial score (nSPS) is 19.9. The van der Waals surface area contributed by atoms with Gasteiger partial charge < -0.3 is 14.2 Å². The highest BCUT2D eigenvalue weighted by atomic mass is 28.3. The van der Waals surface area contributed by atoms with E-state index in [1.807, 2.05) is 34.4 Å². The number of rotatable bonds is 9. The monoisotopic (exact) mass is 622 g/mol. The van der Waals surface area contributed by atoms with E-state index in [2.05, 4.69) is 24.6 Å². The van der Waals surface area contributed by atoms with Gasteiger partial charge in [0.05, 0.1) is 36.0 Å². The van der Waals surface area contributed by atoms with Crippen molar-refractivity contribution >= 4 is 36.4 Å². The van der Waals surface area contributed by atoms with Crippen molar-refractivity contribution in [1.82, 2.24) is 19.3 Å². The average Bonchev–Trinajstić information content (AvgIpc) is 3.35. The lowest BCUT2D eigenvalue weighted by Gasteiger charge is -2.28. The first-order valence-corrected chi connectivity index (χ1v) is 19.0. The fraction of sp³-hybridized carbons (Fsp3) is 0.469. The fourth-order valence-corrected chi connectivity index (χ4v) is 7.11. The van der Waals surface area contributed by atoms with E-state index in [9.17, 15) is 13.6 Å². The van der Waals surface area contributed by atoms with Gasteiger partial charge in [0.1, 0.15) is 12.5 Å². The van der Waals surface area contributed by atoms with Crippen LogP contribution in [0.25, 0.3) is 11.0 Å². The molecule has 3 aliphatic rings. The van der Waals surface area contributed by atoms with Crippen molar-refractivity contribution in [3.05, 3.63) is 71.1 Å². The second-order valence-corrected chi connectivity index (χ2v) is 19.2. The molecule has 4 aromatic rings. The lowest BCUT2D eigenvalue weighted by atomic mass is 9.97. The molecule has 44 heavy (non-hydrogen) atoms. The first-order valence-electron chi connectivity index (χ1n) is 15.3. The molecule has 1 aliphatic carbocycles. The summed E-state index contributed by atoms with van der Waals surface area (Å²) in [5.74, 6) is -3.64. The third kappa shape index (κ3) is 5.21. The van der Waals surface area contributed by atoms with Gasteiger partial charge >= 0.3 is 0 Å². The van der Waals surface area contributed by atoms with Crippen molar-refractivity contribution < 1.29 is 22.7 Å². The Morgan fingerprint density at radius 3 is 2.55 bits per heavy atom. The molecule has 8 nitrogen and oxygen atoms in total. The van der Waals surface area contributed by atoms with Crippen LogP contribution in [0.3, 0.4) is 0 Å². The Labute approximate surface area is 255 Å². The minimum atomic E-state index is -2.79. The topological polar surface area (TPSA) is 68.4 Å². The molecule has 2 aromatic carbocycles. The van der Waals surface area contributed by atoms with E-state index in [4.69, 9.17) is 9.84 Å². The number of ether oxygens (including phenoxy) is 1. The molecule has 2 aliphatic heterocycles. The number of hydrogen-bond acceptors (Lipinski definition) is 5. The summed E-state index contributed by atoms with van der Waals surface area (Å²) in [6, 6.07) is 10.8. The first kappa shape index (κ1) is 29.1. The molecule has 1 saturated heterocycles. The number of fused-ring (bicyclic) bond motifs is 2. The summed E-state index contributed by atoms with van der Waals surface area (Å²) in [4.78, 5) is 21.7. The molecular formula is C32H37F3N6O2Si. The van der Waals surface area contributed by atoms with Gasteiger partial charge in [0.2, 0.25) is 0 Å². The van der Waals surface area contributed by atoms with Crippen LogP contribution >= 0.6 is 0 Å². The molecule has 1 unspecified atom stereocenters. The number of amides is 1. The number of aromatic nitrogens is 4. The Hall–Kier alpha value is -3.64. The fourth-order valence-electron chi connectivity index (χ4n) is 6.35. The van der Waals surface area contributed by atoms with Crippen molar-refractivity contribution in [3.8, 4) is 0 Å². The molecule has 232 valence electrons. The lowest BCUT2D eigenvalue weighted by molar-refractivity contribution is 0.0257. The van der Waals surface area contributed by atoms with E-state index in [1.54, 1.807) is 23.4 Å². The van der Waals surface area contributed by atoms with Gasteiger partial charge in [-0.05, 0) is 56.1 Å². The smallest absolute Gasteiger partial charge is 0.280 e. The molecule has 7 rings (SSSR count). The van der Waals surface area contributed by atoms with E-state index in [0.717, 1.165) is 30.1 Å². The summed E-state index contributed by atoms with van der Waals surface area (Å²) in [6.45, 7) is 9.66. The highest BCUT2D eigenvalue weighted by Gasteiger charge is 2.46. The highest BCUT2D eigenvalue weighted by molar-refractivity contribution is 6.76. The van der Waals surface area contributed by atoms with E-state index >= 15 is 4.39 Å². The zero-order valence-corrected chi connectivity index (χ0v) is 26.5. The molecule has 4 heterocycles. The maximum atomic E-state index is 16.0. The van der Waals surface area contributed by atoms with Crippen LogP contribution in [0.2, 0.25) is 25.7 Å². The molecule has 2 fully saturated rings. The molecule has 1 atom stereocenters. The predicted octanol–water partition coefficient (Wildman–Crippen LogP) is 6.92. The Bertz CT molecular complexity index is 1760. The third-order valence-electron chi connectivity index (χ3n) is 8.97.